The molecule has 1 aromatic heterocycles. The molecule has 0 saturated carbocycles. The standard InChI is InChI=1S/C23H23ClN6O4/c1-14(30-13-25-12-26-30)22(32)27-17-4-6-18(7-5-17)28-23(33)15-9-21(31)29(11-15)19-10-16(24)3-8-20(19)34-2/h3-8,10,12-15H,9,11H2,1-2H3,(H,27,32)(H,28,33). The van der Waals surface area contributed by atoms with Gasteiger partial charge in [-0.2, -0.15) is 5.10 Å². The number of halogens is 1. The maximum absolute atomic E-state index is 12.8. The second-order valence-corrected chi connectivity index (χ2v) is 8.27. The summed E-state index contributed by atoms with van der Waals surface area (Å²) in [5, 5.41) is 10.1. The van der Waals surface area contributed by atoms with E-state index in [1.165, 1.54) is 29.3 Å². The zero-order valence-corrected chi connectivity index (χ0v) is 19.3. The highest BCUT2D eigenvalue weighted by molar-refractivity contribution is 6.31. The van der Waals surface area contributed by atoms with E-state index in [0.29, 0.717) is 27.8 Å². The molecule has 1 aliphatic rings. The molecule has 2 unspecified atom stereocenters. The average molecular weight is 483 g/mol. The normalized spacial score (nSPS) is 16.3. The van der Waals surface area contributed by atoms with E-state index in [1.54, 1.807) is 49.4 Å². The van der Waals surface area contributed by atoms with Crippen LogP contribution in [0.15, 0.2) is 55.1 Å². The van der Waals surface area contributed by atoms with Gasteiger partial charge in [0.2, 0.25) is 17.7 Å². The topological polar surface area (TPSA) is 118 Å². The molecule has 11 heteroatoms. The Bertz CT molecular complexity index is 1200. The Morgan fingerprint density at radius 1 is 1.15 bits per heavy atom. The summed E-state index contributed by atoms with van der Waals surface area (Å²) >= 11 is 6.09. The zero-order chi connectivity index (χ0) is 24.2. The van der Waals surface area contributed by atoms with Crippen molar-refractivity contribution in [1.82, 2.24) is 14.8 Å². The molecule has 0 radical (unpaired) electrons. The highest BCUT2D eigenvalue weighted by Crippen LogP contribution is 2.35. The first-order chi connectivity index (χ1) is 16.4. The van der Waals surface area contributed by atoms with Gasteiger partial charge in [0, 0.05) is 29.4 Å². The Balaban J connectivity index is 1.36. The lowest BCUT2D eigenvalue weighted by Crippen LogP contribution is -2.28. The van der Waals surface area contributed by atoms with E-state index in [-0.39, 0.29) is 30.7 Å². The van der Waals surface area contributed by atoms with E-state index in [4.69, 9.17) is 16.3 Å². The predicted molar refractivity (Wildman–Crippen MR) is 127 cm³/mol. The van der Waals surface area contributed by atoms with E-state index >= 15 is 0 Å². The molecule has 1 saturated heterocycles. The summed E-state index contributed by atoms with van der Waals surface area (Å²) in [5.74, 6) is -0.717. The van der Waals surface area contributed by atoms with Gasteiger partial charge in [0.25, 0.3) is 0 Å². The minimum atomic E-state index is -0.529. The smallest absolute Gasteiger partial charge is 0.249 e. The summed E-state index contributed by atoms with van der Waals surface area (Å²) in [4.78, 5) is 43.1. The summed E-state index contributed by atoms with van der Waals surface area (Å²) in [7, 11) is 1.51. The number of aromatic nitrogens is 3. The van der Waals surface area contributed by atoms with Gasteiger partial charge in [0.1, 0.15) is 24.4 Å². The molecule has 2 atom stereocenters. The molecule has 4 rings (SSSR count). The SMILES string of the molecule is COc1ccc(Cl)cc1N1CC(C(=O)Nc2ccc(NC(=O)C(C)n3cncn3)cc2)CC1=O. The van der Waals surface area contributed by atoms with Crippen LogP contribution in [-0.2, 0) is 14.4 Å². The minimum Gasteiger partial charge on any atom is -0.495 e. The fraction of sp³-hybridized carbons (Fsp3) is 0.261. The van der Waals surface area contributed by atoms with Crippen LogP contribution >= 0.6 is 11.6 Å². The summed E-state index contributed by atoms with van der Waals surface area (Å²) < 4.78 is 6.79. The first-order valence-electron chi connectivity index (χ1n) is 10.6. The molecule has 3 amide bonds. The molecule has 176 valence electrons. The minimum absolute atomic E-state index is 0.0792. The molecule has 0 bridgehead atoms. The summed E-state index contributed by atoms with van der Waals surface area (Å²) in [6.07, 6.45) is 2.92. The van der Waals surface area contributed by atoms with Crippen molar-refractivity contribution in [1.29, 1.82) is 0 Å². The van der Waals surface area contributed by atoms with Gasteiger partial charge < -0.3 is 20.3 Å². The molecule has 2 heterocycles. The molecule has 10 nitrogen and oxygen atoms in total. The molecule has 2 N–H and O–H groups in total. The molecule has 2 aromatic carbocycles. The van der Waals surface area contributed by atoms with Crippen LogP contribution in [0.25, 0.3) is 0 Å². The second-order valence-electron chi connectivity index (χ2n) is 7.83. The number of carbonyl (C=O) groups is 3. The van der Waals surface area contributed by atoms with Crippen LogP contribution in [0, 0.1) is 5.92 Å². The van der Waals surface area contributed by atoms with E-state index in [1.807, 2.05) is 0 Å². The number of methoxy groups -OCH3 is 1. The van der Waals surface area contributed by atoms with Crippen LogP contribution in [0.1, 0.15) is 19.4 Å². The highest BCUT2D eigenvalue weighted by Gasteiger charge is 2.36. The van der Waals surface area contributed by atoms with Crippen LogP contribution in [0.3, 0.4) is 0 Å². The van der Waals surface area contributed by atoms with Crippen LogP contribution < -0.4 is 20.3 Å². The third-order valence-electron chi connectivity index (χ3n) is 5.56. The third kappa shape index (κ3) is 5.01. The lowest BCUT2D eigenvalue weighted by atomic mass is 10.1. The molecule has 1 fully saturated rings. The van der Waals surface area contributed by atoms with Crippen molar-refractivity contribution >= 4 is 46.4 Å². The molecule has 3 aromatic rings. The van der Waals surface area contributed by atoms with Crippen molar-refractivity contribution < 1.29 is 19.1 Å². The lowest BCUT2D eigenvalue weighted by Gasteiger charge is -2.20. The number of benzene rings is 2. The van der Waals surface area contributed by atoms with Gasteiger partial charge in [0.15, 0.2) is 0 Å². The number of amides is 3. The fourth-order valence-corrected chi connectivity index (χ4v) is 3.82. The quantitative estimate of drug-likeness (QED) is 0.534. The molecular weight excluding hydrogens is 460 g/mol. The number of anilines is 3. The molecule has 0 spiro atoms. The molecule has 1 aliphatic heterocycles. The Morgan fingerprint density at radius 2 is 1.85 bits per heavy atom. The van der Waals surface area contributed by atoms with Gasteiger partial charge in [-0.25, -0.2) is 9.67 Å². The number of rotatable bonds is 7. The zero-order valence-electron chi connectivity index (χ0n) is 18.6. The summed E-state index contributed by atoms with van der Waals surface area (Å²) in [5.41, 5.74) is 1.67. The number of ether oxygens (including phenoxy) is 1. The predicted octanol–water partition coefficient (Wildman–Crippen LogP) is 3.13. The maximum atomic E-state index is 12.8. The van der Waals surface area contributed by atoms with Crippen molar-refractivity contribution in [3.63, 3.8) is 0 Å². The summed E-state index contributed by atoms with van der Waals surface area (Å²) in [6.45, 7) is 1.93. The Labute approximate surface area is 200 Å². The van der Waals surface area contributed by atoms with Gasteiger partial charge in [0.05, 0.1) is 18.7 Å². The van der Waals surface area contributed by atoms with Crippen LogP contribution in [0.5, 0.6) is 5.75 Å². The first kappa shape index (κ1) is 23.2. The number of hydrogen-bond acceptors (Lipinski definition) is 6. The van der Waals surface area contributed by atoms with Gasteiger partial charge in [-0.15, -0.1) is 0 Å². The summed E-state index contributed by atoms with van der Waals surface area (Å²) in [6, 6.07) is 11.2. The number of carbonyl (C=O) groups excluding carboxylic acids is 3. The largest absolute Gasteiger partial charge is 0.495 e. The van der Waals surface area contributed by atoms with E-state index in [2.05, 4.69) is 20.7 Å². The molecule has 0 aliphatic carbocycles. The van der Waals surface area contributed by atoms with Crippen molar-refractivity contribution in [2.45, 2.75) is 19.4 Å². The van der Waals surface area contributed by atoms with Crippen molar-refractivity contribution in [2.75, 3.05) is 29.2 Å². The Kier molecular flexibility index (Phi) is 6.78. The van der Waals surface area contributed by atoms with E-state index in [9.17, 15) is 14.4 Å². The van der Waals surface area contributed by atoms with Gasteiger partial charge >= 0.3 is 0 Å². The van der Waals surface area contributed by atoms with Crippen molar-refractivity contribution in [3.05, 3.63) is 60.1 Å². The highest BCUT2D eigenvalue weighted by atomic mass is 35.5. The first-order valence-corrected chi connectivity index (χ1v) is 10.9. The average Bonchev–Trinajstić information content (AvgIpc) is 3.50. The Morgan fingerprint density at radius 3 is 2.50 bits per heavy atom. The van der Waals surface area contributed by atoms with E-state index in [0.717, 1.165) is 0 Å². The van der Waals surface area contributed by atoms with Gasteiger partial charge in [-0.3, -0.25) is 14.4 Å². The fourth-order valence-electron chi connectivity index (χ4n) is 3.66. The monoisotopic (exact) mass is 482 g/mol. The van der Waals surface area contributed by atoms with Gasteiger partial charge in [-0.05, 0) is 49.4 Å². The van der Waals surface area contributed by atoms with Crippen LogP contribution in [-0.4, -0.2) is 46.1 Å². The van der Waals surface area contributed by atoms with Crippen molar-refractivity contribution in [3.8, 4) is 5.75 Å². The van der Waals surface area contributed by atoms with Crippen LogP contribution in [0.2, 0.25) is 5.02 Å². The second kappa shape index (κ2) is 9.92. The number of nitrogens with one attached hydrogen (secondary N) is 2. The van der Waals surface area contributed by atoms with Crippen LogP contribution in [0.4, 0.5) is 17.1 Å². The number of hydrogen-bond donors (Lipinski definition) is 2. The maximum Gasteiger partial charge on any atom is 0.249 e. The molecule has 34 heavy (non-hydrogen) atoms. The third-order valence-corrected chi connectivity index (χ3v) is 5.80. The Hall–Kier alpha value is -3.92. The number of nitrogens with zero attached hydrogens (tertiary/aromatic N) is 4. The van der Waals surface area contributed by atoms with Gasteiger partial charge in [-0.1, -0.05) is 11.6 Å². The van der Waals surface area contributed by atoms with Crippen molar-refractivity contribution in [2.24, 2.45) is 5.92 Å². The lowest BCUT2D eigenvalue weighted by molar-refractivity contribution is -0.122. The molecular formula is C23H23ClN6O4. The van der Waals surface area contributed by atoms with E-state index < -0.39 is 12.0 Å².